The molecule has 1 unspecified atom stereocenters. The summed E-state index contributed by atoms with van der Waals surface area (Å²) in [6.45, 7) is 1.97. The molecule has 0 aromatic carbocycles. The lowest BCUT2D eigenvalue weighted by atomic mass is 10.2. The van der Waals surface area contributed by atoms with E-state index in [-0.39, 0.29) is 6.04 Å². The molecule has 2 aromatic heterocycles. The maximum absolute atomic E-state index is 5.82. The lowest BCUT2D eigenvalue weighted by molar-refractivity contribution is 0.791. The molecule has 0 radical (unpaired) electrons. The molecule has 0 amide bonds. The number of hydrogen-bond donors (Lipinski definition) is 1. The highest BCUT2D eigenvalue weighted by atomic mass is 15.3. The Morgan fingerprint density at radius 3 is 2.93 bits per heavy atom. The van der Waals surface area contributed by atoms with Crippen molar-refractivity contribution in [2.24, 2.45) is 5.73 Å². The Labute approximate surface area is 88.1 Å². The van der Waals surface area contributed by atoms with E-state index in [9.17, 15) is 0 Å². The molecule has 0 bridgehead atoms. The van der Waals surface area contributed by atoms with Crippen LogP contribution in [-0.2, 0) is 0 Å². The monoisotopic (exact) mass is 202 g/mol. The van der Waals surface area contributed by atoms with Crippen LogP contribution in [0.25, 0.3) is 5.65 Å². The van der Waals surface area contributed by atoms with Crippen LogP contribution >= 0.6 is 0 Å². The number of rotatable bonds is 2. The summed E-state index contributed by atoms with van der Waals surface area (Å²) in [5.74, 6) is 1.58. The first kappa shape index (κ1) is 8.85. The van der Waals surface area contributed by atoms with Gasteiger partial charge in [-0.25, -0.2) is 9.50 Å². The molecule has 2 N–H and O–H groups in total. The first-order valence-electron chi connectivity index (χ1n) is 5.36. The normalized spacial score (nSPS) is 18.3. The Balaban J connectivity index is 2.09. The van der Waals surface area contributed by atoms with Gasteiger partial charge in [-0.05, 0) is 31.4 Å². The van der Waals surface area contributed by atoms with Gasteiger partial charge < -0.3 is 5.73 Å². The number of hydrogen-bond acceptors (Lipinski definition) is 3. The average molecular weight is 202 g/mol. The molecule has 0 spiro atoms. The molecule has 0 saturated heterocycles. The van der Waals surface area contributed by atoms with Crippen LogP contribution in [-0.4, -0.2) is 14.6 Å². The van der Waals surface area contributed by atoms with E-state index in [0.717, 1.165) is 17.0 Å². The molecule has 1 aliphatic rings. The quantitative estimate of drug-likeness (QED) is 0.805. The largest absolute Gasteiger partial charge is 0.324 e. The second kappa shape index (κ2) is 3.03. The van der Waals surface area contributed by atoms with Gasteiger partial charge in [0.05, 0.1) is 0 Å². The molecule has 2 aromatic rings. The van der Waals surface area contributed by atoms with Crippen molar-refractivity contribution in [2.45, 2.75) is 31.7 Å². The summed E-state index contributed by atoms with van der Waals surface area (Å²) >= 11 is 0. The minimum absolute atomic E-state index is 0.0444. The Hall–Kier alpha value is -1.42. The molecule has 1 atom stereocenters. The van der Waals surface area contributed by atoms with Gasteiger partial charge in [0.1, 0.15) is 0 Å². The van der Waals surface area contributed by atoms with Gasteiger partial charge in [-0.2, -0.15) is 5.10 Å². The zero-order chi connectivity index (χ0) is 10.4. The van der Waals surface area contributed by atoms with E-state index in [2.05, 4.69) is 10.1 Å². The topological polar surface area (TPSA) is 56.2 Å². The van der Waals surface area contributed by atoms with Crippen LogP contribution in [0.15, 0.2) is 18.3 Å². The molecule has 4 heteroatoms. The lowest BCUT2D eigenvalue weighted by Crippen LogP contribution is -2.06. The maximum atomic E-state index is 5.82. The van der Waals surface area contributed by atoms with E-state index in [1.54, 1.807) is 0 Å². The number of aromatic nitrogens is 3. The molecule has 78 valence electrons. The summed E-state index contributed by atoms with van der Waals surface area (Å²) in [7, 11) is 0. The highest BCUT2D eigenvalue weighted by Gasteiger charge is 2.27. The molecule has 3 rings (SSSR count). The summed E-state index contributed by atoms with van der Waals surface area (Å²) in [6, 6.07) is 4.05. The van der Waals surface area contributed by atoms with Crippen molar-refractivity contribution in [1.82, 2.24) is 14.6 Å². The highest BCUT2D eigenvalue weighted by Crippen LogP contribution is 2.38. The van der Waals surface area contributed by atoms with Crippen LogP contribution in [0.1, 0.15) is 43.1 Å². The van der Waals surface area contributed by atoms with Crippen molar-refractivity contribution in [2.75, 3.05) is 0 Å². The van der Waals surface area contributed by atoms with Crippen LogP contribution in [0, 0.1) is 0 Å². The average Bonchev–Trinajstić information content (AvgIpc) is 2.97. The number of fused-ring (bicyclic) bond motifs is 1. The van der Waals surface area contributed by atoms with Crippen molar-refractivity contribution >= 4 is 5.65 Å². The van der Waals surface area contributed by atoms with E-state index in [1.165, 1.54) is 12.8 Å². The summed E-state index contributed by atoms with van der Waals surface area (Å²) in [4.78, 5) is 4.49. The second-order valence-corrected chi connectivity index (χ2v) is 4.30. The molecular weight excluding hydrogens is 188 g/mol. The fourth-order valence-corrected chi connectivity index (χ4v) is 1.70. The zero-order valence-corrected chi connectivity index (χ0v) is 8.72. The van der Waals surface area contributed by atoms with Gasteiger partial charge in [-0.3, -0.25) is 0 Å². The van der Waals surface area contributed by atoms with Gasteiger partial charge in [-0.1, -0.05) is 6.07 Å². The molecule has 15 heavy (non-hydrogen) atoms. The van der Waals surface area contributed by atoms with Crippen LogP contribution in [0.3, 0.4) is 0 Å². The molecule has 1 aliphatic carbocycles. The summed E-state index contributed by atoms with van der Waals surface area (Å²) in [6.07, 6.45) is 4.44. The predicted molar refractivity (Wildman–Crippen MR) is 57.6 cm³/mol. The van der Waals surface area contributed by atoms with E-state index in [1.807, 2.05) is 29.8 Å². The van der Waals surface area contributed by atoms with Gasteiger partial charge in [0.25, 0.3) is 0 Å². The van der Waals surface area contributed by atoms with Crippen LogP contribution in [0.4, 0.5) is 0 Å². The molecule has 1 fully saturated rings. The molecule has 0 aliphatic heterocycles. The Morgan fingerprint density at radius 1 is 1.47 bits per heavy atom. The van der Waals surface area contributed by atoms with Gasteiger partial charge in [-0.15, -0.1) is 0 Å². The summed E-state index contributed by atoms with van der Waals surface area (Å²) in [5, 5.41) is 4.47. The minimum atomic E-state index is 0.0444. The predicted octanol–water partition coefficient (Wildman–Crippen LogP) is 1.63. The highest BCUT2D eigenvalue weighted by molar-refractivity contribution is 5.40. The summed E-state index contributed by atoms with van der Waals surface area (Å²) in [5.41, 5.74) is 7.83. The fraction of sp³-hybridized carbons (Fsp3) is 0.455. The van der Waals surface area contributed by atoms with Crippen LogP contribution in [0.5, 0.6) is 0 Å². The lowest BCUT2D eigenvalue weighted by Gasteiger charge is -2.04. The third-order valence-electron chi connectivity index (χ3n) is 2.84. The van der Waals surface area contributed by atoms with Crippen molar-refractivity contribution < 1.29 is 0 Å². The summed E-state index contributed by atoms with van der Waals surface area (Å²) < 4.78 is 1.84. The number of nitrogens with two attached hydrogens (primary N) is 1. The third-order valence-corrected chi connectivity index (χ3v) is 2.84. The van der Waals surface area contributed by atoms with Gasteiger partial charge in [0.15, 0.2) is 11.5 Å². The van der Waals surface area contributed by atoms with Crippen LogP contribution < -0.4 is 5.73 Å². The molecule has 1 saturated carbocycles. The van der Waals surface area contributed by atoms with E-state index < -0.39 is 0 Å². The molecule has 4 nitrogen and oxygen atoms in total. The Kier molecular flexibility index (Phi) is 1.79. The third kappa shape index (κ3) is 1.51. The SMILES string of the molecule is CC(N)c1ccc2nc(C3CC3)nn2c1. The van der Waals surface area contributed by atoms with Gasteiger partial charge in [0.2, 0.25) is 0 Å². The number of pyridine rings is 1. The van der Waals surface area contributed by atoms with E-state index in [0.29, 0.717) is 5.92 Å². The smallest absolute Gasteiger partial charge is 0.155 e. The van der Waals surface area contributed by atoms with Crippen molar-refractivity contribution in [3.63, 3.8) is 0 Å². The number of nitrogens with zero attached hydrogens (tertiary/aromatic N) is 3. The van der Waals surface area contributed by atoms with Crippen molar-refractivity contribution in [3.05, 3.63) is 29.7 Å². The van der Waals surface area contributed by atoms with Crippen molar-refractivity contribution in [3.8, 4) is 0 Å². The van der Waals surface area contributed by atoms with Crippen molar-refractivity contribution in [1.29, 1.82) is 0 Å². The maximum Gasteiger partial charge on any atom is 0.155 e. The Bertz CT molecular complexity index is 496. The Morgan fingerprint density at radius 2 is 2.27 bits per heavy atom. The van der Waals surface area contributed by atoms with Gasteiger partial charge in [0, 0.05) is 18.2 Å². The fourth-order valence-electron chi connectivity index (χ4n) is 1.70. The standard InChI is InChI=1S/C11H14N4/c1-7(12)9-4-5-10-13-11(8-2-3-8)14-15(10)6-9/h4-8H,2-3,12H2,1H3. The molecule has 2 heterocycles. The molecular formula is C11H14N4. The minimum Gasteiger partial charge on any atom is -0.324 e. The first-order valence-corrected chi connectivity index (χ1v) is 5.36. The van der Waals surface area contributed by atoms with E-state index >= 15 is 0 Å². The van der Waals surface area contributed by atoms with E-state index in [4.69, 9.17) is 5.73 Å². The van der Waals surface area contributed by atoms with Gasteiger partial charge >= 0.3 is 0 Å². The zero-order valence-electron chi connectivity index (χ0n) is 8.72. The second-order valence-electron chi connectivity index (χ2n) is 4.30. The first-order chi connectivity index (χ1) is 7.24. The van der Waals surface area contributed by atoms with Crippen LogP contribution in [0.2, 0.25) is 0 Å².